The third kappa shape index (κ3) is 3.56. The zero-order valence-electron chi connectivity index (χ0n) is 10.4. The first-order valence-corrected chi connectivity index (χ1v) is 5.71. The van der Waals surface area contributed by atoms with Crippen LogP contribution >= 0.6 is 0 Å². The van der Waals surface area contributed by atoms with Crippen molar-refractivity contribution in [2.45, 2.75) is 20.0 Å². The van der Waals surface area contributed by atoms with Crippen LogP contribution in [0.5, 0.6) is 0 Å². The molecular formula is C13H16O5. The van der Waals surface area contributed by atoms with Crippen LogP contribution in [0.25, 0.3) is 0 Å². The van der Waals surface area contributed by atoms with E-state index in [1.807, 2.05) is 0 Å². The summed E-state index contributed by atoms with van der Waals surface area (Å²) in [5.74, 6) is -1.48. The summed E-state index contributed by atoms with van der Waals surface area (Å²) in [6, 6.07) is 6.17. The number of rotatable bonds is 6. The van der Waals surface area contributed by atoms with Crippen LogP contribution in [0.1, 0.15) is 35.9 Å². The molecule has 1 rings (SSSR count). The minimum atomic E-state index is -1.05. The maximum Gasteiger partial charge on any atom is 0.338 e. The monoisotopic (exact) mass is 252 g/mol. The molecule has 1 atom stereocenters. The zero-order valence-corrected chi connectivity index (χ0v) is 10.4. The van der Waals surface area contributed by atoms with Gasteiger partial charge in [-0.2, -0.15) is 0 Å². The molecule has 5 nitrogen and oxygen atoms in total. The number of ether oxygens (including phenoxy) is 2. The van der Waals surface area contributed by atoms with Crippen LogP contribution in [0, 0.1) is 0 Å². The molecule has 0 aliphatic rings. The van der Waals surface area contributed by atoms with Crippen LogP contribution in [0.3, 0.4) is 0 Å². The number of hydrogen-bond donors (Lipinski definition) is 1. The fourth-order valence-corrected chi connectivity index (χ4v) is 1.49. The average Bonchev–Trinajstić information content (AvgIpc) is 2.36. The fourth-order valence-electron chi connectivity index (χ4n) is 1.49. The maximum atomic E-state index is 11.4. The topological polar surface area (TPSA) is 72.8 Å². The lowest BCUT2D eigenvalue weighted by molar-refractivity contribution is -0.150. The highest BCUT2D eigenvalue weighted by Gasteiger charge is 2.20. The number of carboxylic acid groups (broad SMARTS) is 1. The first-order valence-electron chi connectivity index (χ1n) is 5.71. The molecule has 1 aromatic carbocycles. The van der Waals surface area contributed by atoms with Crippen LogP contribution in [0.15, 0.2) is 24.3 Å². The molecular weight excluding hydrogens is 236 g/mol. The molecule has 0 aromatic heterocycles. The van der Waals surface area contributed by atoms with Gasteiger partial charge >= 0.3 is 11.9 Å². The zero-order chi connectivity index (χ0) is 13.5. The minimum Gasteiger partial charge on any atom is -0.479 e. The van der Waals surface area contributed by atoms with Gasteiger partial charge in [0.25, 0.3) is 0 Å². The molecule has 1 N–H and O–H groups in total. The molecule has 0 radical (unpaired) electrons. The van der Waals surface area contributed by atoms with Gasteiger partial charge in [0, 0.05) is 6.61 Å². The summed E-state index contributed by atoms with van der Waals surface area (Å²) in [6.45, 7) is 4.05. The lowest BCUT2D eigenvalue weighted by Crippen LogP contribution is -2.15. The quantitative estimate of drug-likeness (QED) is 0.784. The van der Waals surface area contributed by atoms with Gasteiger partial charge in [0.05, 0.1) is 12.2 Å². The Labute approximate surface area is 105 Å². The van der Waals surface area contributed by atoms with Crippen molar-refractivity contribution in [3.05, 3.63) is 35.4 Å². The second-order valence-corrected chi connectivity index (χ2v) is 3.52. The van der Waals surface area contributed by atoms with E-state index in [2.05, 4.69) is 0 Å². The highest BCUT2D eigenvalue weighted by Crippen LogP contribution is 2.18. The van der Waals surface area contributed by atoms with Crippen molar-refractivity contribution in [3.8, 4) is 0 Å². The van der Waals surface area contributed by atoms with Gasteiger partial charge < -0.3 is 14.6 Å². The molecule has 0 fully saturated rings. The van der Waals surface area contributed by atoms with Crippen LogP contribution in [0.2, 0.25) is 0 Å². The van der Waals surface area contributed by atoms with Crippen molar-refractivity contribution in [2.75, 3.05) is 13.2 Å². The molecule has 0 saturated heterocycles. The number of hydrogen-bond acceptors (Lipinski definition) is 4. The molecule has 0 heterocycles. The van der Waals surface area contributed by atoms with Crippen LogP contribution < -0.4 is 0 Å². The van der Waals surface area contributed by atoms with E-state index in [4.69, 9.17) is 14.6 Å². The lowest BCUT2D eigenvalue weighted by atomic mass is 10.1. The van der Waals surface area contributed by atoms with Crippen molar-refractivity contribution < 1.29 is 24.2 Å². The minimum absolute atomic E-state index is 0.302. The molecule has 18 heavy (non-hydrogen) atoms. The van der Waals surface area contributed by atoms with E-state index in [9.17, 15) is 9.59 Å². The summed E-state index contributed by atoms with van der Waals surface area (Å²) in [7, 11) is 0. The van der Waals surface area contributed by atoms with Crippen LogP contribution in [0.4, 0.5) is 0 Å². The van der Waals surface area contributed by atoms with Crippen molar-refractivity contribution in [1.82, 2.24) is 0 Å². The molecule has 98 valence electrons. The second-order valence-electron chi connectivity index (χ2n) is 3.52. The number of benzene rings is 1. The van der Waals surface area contributed by atoms with Crippen molar-refractivity contribution in [2.24, 2.45) is 0 Å². The Hall–Kier alpha value is -1.88. The molecule has 0 aliphatic heterocycles. The number of esters is 1. The van der Waals surface area contributed by atoms with E-state index in [1.54, 1.807) is 26.0 Å². The predicted molar refractivity (Wildman–Crippen MR) is 64.4 cm³/mol. The lowest BCUT2D eigenvalue weighted by Gasteiger charge is -2.12. The second kappa shape index (κ2) is 6.76. The molecule has 0 bridgehead atoms. The molecule has 0 unspecified atom stereocenters. The Morgan fingerprint density at radius 3 is 2.22 bits per heavy atom. The van der Waals surface area contributed by atoms with E-state index >= 15 is 0 Å². The standard InChI is InChI=1S/C13H16O5/c1-3-17-11(12(14)15)9-5-7-10(8-6-9)13(16)18-4-2/h5-8,11H,3-4H2,1-2H3,(H,14,15)/t11-/m1/s1. The molecule has 0 spiro atoms. The normalized spacial score (nSPS) is 11.9. The Bertz CT molecular complexity index is 410. The van der Waals surface area contributed by atoms with Gasteiger partial charge in [0.1, 0.15) is 0 Å². The SMILES string of the molecule is CCOC(=O)c1ccc([C@@H](OCC)C(=O)O)cc1. The van der Waals surface area contributed by atoms with Gasteiger partial charge in [0.2, 0.25) is 0 Å². The van der Waals surface area contributed by atoms with E-state index in [0.717, 1.165) is 0 Å². The number of carboxylic acids is 1. The summed E-state index contributed by atoms with van der Waals surface area (Å²) >= 11 is 0. The summed E-state index contributed by atoms with van der Waals surface area (Å²) in [4.78, 5) is 22.4. The smallest absolute Gasteiger partial charge is 0.338 e. The van der Waals surface area contributed by atoms with E-state index < -0.39 is 18.0 Å². The summed E-state index contributed by atoms with van der Waals surface area (Å²) in [5, 5.41) is 9.00. The van der Waals surface area contributed by atoms with Gasteiger partial charge in [-0.05, 0) is 31.5 Å². The van der Waals surface area contributed by atoms with Gasteiger partial charge in [-0.15, -0.1) is 0 Å². The number of carbonyl (C=O) groups is 2. The number of carbonyl (C=O) groups excluding carboxylic acids is 1. The molecule has 0 saturated carbocycles. The molecule has 0 amide bonds. The van der Waals surface area contributed by atoms with Crippen molar-refractivity contribution in [1.29, 1.82) is 0 Å². The van der Waals surface area contributed by atoms with Crippen LogP contribution in [-0.4, -0.2) is 30.3 Å². The molecule has 1 aromatic rings. The fraction of sp³-hybridized carbons (Fsp3) is 0.385. The van der Waals surface area contributed by atoms with E-state index in [1.165, 1.54) is 12.1 Å². The predicted octanol–water partition coefficient (Wildman–Crippen LogP) is 2.03. The van der Waals surface area contributed by atoms with Crippen molar-refractivity contribution >= 4 is 11.9 Å². The first-order chi connectivity index (χ1) is 8.60. The Morgan fingerprint density at radius 2 is 1.78 bits per heavy atom. The maximum absolute atomic E-state index is 11.4. The third-order valence-corrected chi connectivity index (χ3v) is 2.28. The van der Waals surface area contributed by atoms with E-state index in [-0.39, 0.29) is 0 Å². The van der Waals surface area contributed by atoms with Crippen LogP contribution in [-0.2, 0) is 14.3 Å². The summed E-state index contributed by atoms with van der Waals surface area (Å²) in [5.41, 5.74) is 0.888. The van der Waals surface area contributed by atoms with Gasteiger partial charge in [-0.1, -0.05) is 12.1 Å². The van der Waals surface area contributed by atoms with Gasteiger partial charge in [0.15, 0.2) is 6.10 Å². The van der Waals surface area contributed by atoms with Crippen molar-refractivity contribution in [3.63, 3.8) is 0 Å². The number of aliphatic carboxylic acids is 1. The first kappa shape index (κ1) is 14.2. The summed E-state index contributed by atoms with van der Waals surface area (Å²) < 4.78 is 9.96. The Kier molecular flexibility index (Phi) is 5.32. The van der Waals surface area contributed by atoms with Gasteiger partial charge in [-0.3, -0.25) is 0 Å². The molecule has 0 aliphatic carbocycles. The Balaban J connectivity index is 2.86. The van der Waals surface area contributed by atoms with Gasteiger partial charge in [-0.25, -0.2) is 9.59 Å². The summed E-state index contributed by atoms with van der Waals surface area (Å²) in [6.07, 6.45) is -1.01. The third-order valence-electron chi connectivity index (χ3n) is 2.28. The highest BCUT2D eigenvalue weighted by atomic mass is 16.5. The molecule has 5 heteroatoms. The largest absolute Gasteiger partial charge is 0.479 e. The Morgan fingerprint density at radius 1 is 1.17 bits per heavy atom. The van der Waals surface area contributed by atoms with E-state index in [0.29, 0.717) is 24.3 Å². The highest BCUT2D eigenvalue weighted by molar-refractivity contribution is 5.89. The average molecular weight is 252 g/mol.